The van der Waals surface area contributed by atoms with E-state index in [1.54, 1.807) is 0 Å². The van der Waals surface area contributed by atoms with Gasteiger partial charge in [0.25, 0.3) is 0 Å². The Morgan fingerprint density at radius 2 is 2.26 bits per heavy atom. The lowest BCUT2D eigenvalue weighted by atomic mass is 9.67. The maximum absolute atomic E-state index is 5.55. The van der Waals surface area contributed by atoms with Crippen molar-refractivity contribution in [3.8, 4) is 0 Å². The second-order valence-electron chi connectivity index (χ2n) is 5.65. The molecule has 2 heterocycles. The van der Waals surface area contributed by atoms with Gasteiger partial charge >= 0.3 is 0 Å². The molecule has 1 aromatic rings. The van der Waals surface area contributed by atoms with E-state index in [1.165, 1.54) is 19.3 Å². The van der Waals surface area contributed by atoms with E-state index in [1.807, 2.05) is 0 Å². The minimum atomic E-state index is 0. The zero-order valence-corrected chi connectivity index (χ0v) is 12.5. The second-order valence-corrected chi connectivity index (χ2v) is 5.65. The van der Waals surface area contributed by atoms with Crippen molar-refractivity contribution in [2.24, 2.45) is 0 Å². The van der Waals surface area contributed by atoms with Gasteiger partial charge in [0.15, 0.2) is 5.82 Å². The third-order valence-electron chi connectivity index (χ3n) is 4.69. The molecule has 2 fully saturated rings. The largest absolute Gasteiger partial charge is 0.339 e. The van der Waals surface area contributed by atoms with Gasteiger partial charge in [-0.1, -0.05) is 18.5 Å². The molecule has 1 saturated carbocycles. The van der Waals surface area contributed by atoms with Gasteiger partial charge in [0.1, 0.15) is 0 Å². The molecule has 1 unspecified atom stereocenters. The van der Waals surface area contributed by atoms with Gasteiger partial charge in [0.05, 0.1) is 6.04 Å². The standard InChI is InChI=1S/C13H22N4O.ClH/c1-3-13(5-4-6-13)12-15-11(16-18-12)10-9-14-7-8-17(10)2;/h10,14H,3-9H2,1-2H3;1H. The Bertz CT molecular complexity index is 413. The number of aromatic nitrogens is 2. The topological polar surface area (TPSA) is 54.2 Å². The SMILES string of the molecule is CCC1(c2nc(C3CNCCN3C)no2)CCC1.Cl. The van der Waals surface area contributed by atoms with Crippen molar-refractivity contribution in [2.45, 2.75) is 44.1 Å². The van der Waals surface area contributed by atoms with Gasteiger partial charge in [0.2, 0.25) is 5.89 Å². The Balaban J connectivity index is 0.00000133. The molecule has 1 atom stereocenters. The van der Waals surface area contributed by atoms with E-state index in [2.05, 4.69) is 34.3 Å². The maximum Gasteiger partial charge on any atom is 0.232 e. The molecule has 1 aliphatic heterocycles. The molecular formula is C13H23ClN4O. The summed E-state index contributed by atoms with van der Waals surface area (Å²) in [5.74, 6) is 1.71. The van der Waals surface area contributed by atoms with Gasteiger partial charge in [-0.3, -0.25) is 4.90 Å². The van der Waals surface area contributed by atoms with Crippen LogP contribution in [0.15, 0.2) is 4.52 Å². The first-order valence-electron chi connectivity index (χ1n) is 7.00. The Labute approximate surface area is 120 Å². The summed E-state index contributed by atoms with van der Waals surface area (Å²) >= 11 is 0. The number of likely N-dealkylation sites (N-methyl/N-ethyl adjacent to an activating group) is 1. The van der Waals surface area contributed by atoms with Crippen LogP contribution in [0.5, 0.6) is 0 Å². The van der Waals surface area contributed by atoms with Gasteiger partial charge in [-0.05, 0) is 26.3 Å². The Kier molecular flexibility index (Phi) is 4.48. The van der Waals surface area contributed by atoms with Gasteiger partial charge in [-0.15, -0.1) is 12.4 Å². The first kappa shape index (κ1) is 14.8. The van der Waals surface area contributed by atoms with E-state index in [9.17, 15) is 0 Å². The molecule has 0 radical (unpaired) electrons. The quantitative estimate of drug-likeness (QED) is 0.920. The Morgan fingerprint density at radius 3 is 2.84 bits per heavy atom. The van der Waals surface area contributed by atoms with Gasteiger partial charge in [0, 0.05) is 25.0 Å². The van der Waals surface area contributed by atoms with E-state index in [-0.39, 0.29) is 23.9 Å². The van der Waals surface area contributed by atoms with Crippen LogP contribution in [0.2, 0.25) is 0 Å². The molecule has 0 amide bonds. The van der Waals surface area contributed by atoms with E-state index in [0.717, 1.165) is 37.8 Å². The minimum absolute atomic E-state index is 0. The molecule has 19 heavy (non-hydrogen) atoms. The monoisotopic (exact) mass is 286 g/mol. The Hall–Kier alpha value is -0.650. The van der Waals surface area contributed by atoms with Crippen LogP contribution in [0.25, 0.3) is 0 Å². The van der Waals surface area contributed by atoms with Gasteiger partial charge < -0.3 is 9.84 Å². The third kappa shape index (κ3) is 2.51. The molecule has 0 aromatic carbocycles. The van der Waals surface area contributed by atoms with Crippen LogP contribution in [0.4, 0.5) is 0 Å². The van der Waals surface area contributed by atoms with Crippen LogP contribution in [0.3, 0.4) is 0 Å². The second kappa shape index (κ2) is 5.77. The lowest BCUT2D eigenvalue weighted by molar-refractivity contribution is 0.166. The van der Waals surface area contributed by atoms with Crippen molar-refractivity contribution < 1.29 is 4.52 Å². The van der Waals surface area contributed by atoms with Crippen molar-refractivity contribution in [3.05, 3.63) is 11.7 Å². The zero-order chi connectivity index (χ0) is 12.6. The van der Waals surface area contributed by atoms with E-state index < -0.39 is 0 Å². The lowest BCUT2D eigenvalue weighted by Gasteiger charge is -2.37. The molecule has 1 aliphatic carbocycles. The van der Waals surface area contributed by atoms with Crippen molar-refractivity contribution in [1.82, 2.24) is 20.4 Å². The number of hydrogen-bond acceptors (Lipinski definition) is 5. The average molecular weight is 287 g/mol. The number of hydrogen-bond donors (Lipinski definition) is 1. The molecule has 0 spiro atoms. The highest BCUT2D eigenvalue weighted by atomic mass is 35.5. The first-order valence-corrected chi connectivity index (χ1v) is 7.00. The van der Waals surface area contributed by atoms with Crippen molar-refractivity contribution in [1.29, 1.82) is 0 Å². The smallest absolute Gasteiger partial charge is 0.232 e. The highest BCUT2D eigenvalue weighted by Gasteiger charge is 2.42. The summed E-state index contributed by atoms with van der Waals surface area (Å²) in [6, 6.07) is 0.255. The summed E-state index contributed by atoms with van der Waals surface area (Å²) in [6.45, 7) is 5.20. The summed E-state index contributed by atoms with van der Waals surface area (Å²) in [7, 11) is 2.13. The third-order valence-corrected chi connectivity index (χ3v) is 4.69. The van der Waals surface area contributed by atoms with Crippen LogP contribution >= 0.6 is 12.4 Å². The predicted molar refractivity (Wildman–Crippen MR) is 75.6 cm³/mol. The van der Waals surface area contributed by atoms with E-state index in [4.69, 9.17) is 4.52 Å². The highest BCUT2D eigenvalue weighted by Crippen LogP contribution is 2.45. The van der Waals surface area contributed by atoms with E-state index in [0.29, 0.717) is 0 Å². The van der Waals surface area contributed by atoms with Crippen LogP contribution in [0.1, 0.15) is 50.4 Å². The van der Waals surface area contributed by atoms with E-state index >= 15 is 0 Å². The molecule has 2 aliphatic rings. The fraction of sp³-hybridized carbons (Fsp3) is 0.846. The number of rotatable bonds is 3. The molecular weight excluding hydrogens is 264 g/mol. The summed E-state index contributed by atoms with van der Waals surface area (Å²) in [4.78, 5) is 6.99. The average Bonchev–Trinajstić information content (AvgIpc) is 2.79. The molecule has 1 aromatic heterocycles. The normalized spacial score (nSPS) is 26.5. The van der Waals surface area contributed by atoms with Gasteiger partial charge in [-0.25, -0.2) is 0 Å². The fourth-order valence-corrected chi connectivity index (χ4v) is 3.00. The maximum atomic E-state index is 5.55. The molecule has 1 saturated heterocycles. The molecule has 0 bridgehead atoms. The molecule has 6 heteroatoms. The van der Waals surface area contributed by atoms with Crippen LogP contribution < -0.4 is 5.32 Å². The highest BCUT2D eigenvalue weighted by molar-refractivity contribution is 5.85. The van der Waals surface area contributed by atoms with Crippen molar-refractivity contribution in [2.75, 3.05) is 26.7 Å². The van der Waals surface area contributed by atoms with Crippen molar-refractivity contribution in [3.63, 3.8) is 0 Å². The lowest BCUT2D eigenvalue weighted by Crippen LogP contribution is -2.44. The molecule has 3 rings (SSSR count). The zero-order valence-electron chi connectivity index (χ0n) is 11.7. The minimum Gasteiger partial charge on any atom is -0.339 e. The van der Waals surface area contributed by atoms with Crippen molar-refractivity contribution >= 4 is 12.4 Å². The Morgan fingerprint density at radius 1 is 1.47 bits per heavy atom. The number of halogens is 1. The van der Waals surface area contributed by atoms with Crippen LogP contribution in [-0.2, 0) is 5.41 Å². The fourth-order valence-electron chi connectivity index (χ4n) is 3.00. The predicted octanol–water partition coefficient (Wildman–Crippen LogP) is 1.90. The summed E-state index contributed by atoms with van der Waals surface area (Å²) in [6.07, 6.45) is 4.79. The summed E-state index contributed by atoms with van der Waals surface area (Å²) in [5.41, 5.74) is 0.186. The molecule has 1 N–H and O–H groups in total. The summed E-state index contributed by atoms with van der Waals surface area (Å²) < 4.78 is 5.55. The molecule has 5 nitrogen and oxygen atoms in total. The summed E-state index contributed by atoms with van der Waals surface area (Å²) in [5, 5.41) is 7.61. The van der Waals surface area contributed by atoms with Crippen LogP contribution in [0, 0.1) is 0 Å². The number of nitrogens with one attached hydrogen (secondary N) is 1. The first-order chi connectivity index (χ1) is 8.75. The number of nitrogens with zero attached hydrogens (tertiary/aromatic N) is 3. The van der Waals surface area contributed by atoms with Gasteiger partial charge in [-0.2, -0.15) is 4.98 Å². The molecule has 108 valence electrons. The van der Waals surface area contributed by atoms with Crippen LogP contribution in [-0.4, -0.2) is 41.7 Å². The number of piperazine rings is 1.